The molecule has 0 spiro atoms. The number of hydrogen-bond acceptors (Lipinski definition) is 4. The number of anilines is 1. The summed E-state index contributed by atoms with van der Waals surface area (Å²) in [6, 6.07) is 14.3. The molecule has 0 amide bonds. The van der Waals surface area contributed by atoms with Crippen LogP contribution in [0.15, 0.2) is 53.4 Å². The molecule has 7 nitrogen and oxygen atoms in total. The van der Waals surface area contributed by atoms with Gasteiger partial charge >= 0.3 is 0 Å². The fourth-order valence-corrected chi connectivity index (χ4v) is 4.63. The summed E-state index contributed by atoms with van der Waals surface area (Å²) in [5.41, 5.74) is 5.34. The molecule has 2 aromatic heterocycles. The molecule has 0 aliphatic rings. The van der Waals surface area contributed by atoms with Crippen LogP contribution < -0.4 is 4.72 Å². The third-order valence-corrected chi connectivity index (χ3v) is 6.60. The van der Waals surface area contributed by atoms with Gasteiger partial charge in [0, 0.05) is 25.7 Å². The van der Waals surface area contributed by atoms with Gasteiger partial charge in [0.1, 0.15) is 5.82 Å². The fourth-order valence-electron chi connectivity index (χ4n) is 3.58. The van der Waals surface area contributed by atoms with Gasteiger partial charge in [0.2, 0.25) is 0 Å². The molecule has 1 N–H and O–H groups in total. The zero-order valence-corrected chi connectivity index (χ0v) is 18.4. The highest BCUT2D eigenvalue weighted by atomic mass is 32.2. The fraction of sp³-hybridized carbons (Fsp3) is 0.273. The summed E-state index contributed by atoms with van der Waals surface area (Å²) in [5.74, 6) is 0.927. The van der Waals surface area contributed by atoms with Crippen LogP contribution in [0.25, 0.3) is 11.0 Å². The van der Waals surface area contributed by atoms with E-state index >= 15 is 0 Å². The zero-order valence-electron chi connectivity index (χ0n) is 17.5. The van der Waals surface area contributed by atoms with E-state index in [1.165, 1.54) is 0 Å². The summed E-state index contributed by atoms with van der Waals surface area (Å²) in [5, 5.41) is 4.50. The van der Waals surface area contributed by atoms with Crippen molar-refractivity contribution >= 4 is 26.7 Å². The minimum absolute atomic E-state index is 0.236. The van der Waals surface area contributed by atoms with E-state index in [2.05, 4.69) is 15.9 Å². The van der Waals surface area contributed by atoms with E-state index in [1.807, 2.05) is 43.1 Å². The molecule has 0 aliphatic heterocycles. The second-order valence-corrected chi connectivity index (χ2v) is 9.29. The monoisotopic (exact) mass is 423 g/mol. The average molecular weight is 424 g/mol. The van der Waals surface area contributed by atoms with Crippen LogP contribution in [0, 0.1) is 20.8 Å². The van der Waals surface area contributed by atoms with Gasteiger partial charge in [-0.1, -0.05) is 17.7 Å². The molecule has 0 fully saturated rings. The van der Waals surface area contributed by atoms with Crippen LogP contribution in [-0.4, -0.2) is 27.7 Å². The third kappa shape index (κ3) is 3.95. The maximum Gasteiger partial charge on any atom is 0.261 e. The Balaban J connectivity index is 1.57. The van der Waals surface area contributed by atoms with E-state index in [9.17, 15) is 8.42 Å². The van der Waals surface area contributed by atoms with Gasteiger partial charge in [0.15, 0.2) is 0 Å². The number of sulfonamides is 1. The van der Waals surface area contributed by atoms with E-state index in [4.69, 9.17) is 4.98 Å². The standard InChI is InChI=1S/C22H25N5O2S/c1-15-5-8-19(9-6-15)30(28,29)25-18-7-10-21-20(14-18)23-22(26(21)4)11-12-27-17(3)13-16(2)24-27/h5-10,13-14,25H,11-12H2,1-4H3. The molecule has 0 saturated heterocycles. The molecule has 156 valence electrons. The summed E-state index contributed by atoms with van der Waals surface area (Å²) < 4.78 is 32.0. The molecule has 0 aliphatic carbocycles. The van der Waals surface area contributed by atoms with Crippen LogP contribution in [0.1, 0.15) is 22.8 Å². The topological polar surface area (TPSA) is 81.8 Å². The second-order valence-electron chi connectivity index (χ2n) is 7.61. The van der Waals surface area contributed by atoms with Crippen molar-refractivity contribution in [1.82, 2.24) is 19.3 Å². The average Bonchev–Trinajstić information content (AvgIpc) is 3.17. The number of rotatable bonds is 6. The summed E-state index contributed by atoms with van der Waals surface area (Å²) in [6.07, 6.45) is 0.734. The van der Waals surface area contributed by atoms with Crippen molar-refractivity contribution in [2.24, 2.45) is 7.05 Å². The van der Waals surface area contributed by atoms with Gasteiger partial charge < -0.3 is 4.57 Å². The van der Waals surface area contributed by atoms with Crippen LogP contribution in [0.4, 0.5) is 5.69 Å². The highest BCUT2D eigenvalue weighted by Gasteiger charge is 2.15. The number of benzene rings is 2. The molecule has 4 rings (SSSR count). The van der Waals surface area contributed by atoms with Crippen molar-refractivity contribution in [3.63, 3.8) is 0 Å². The Morgan fingerprint density at radius 1 is 1.00 bits per heavy atom. The molecule has 0 bridgehead atoms. The van der Waals surface area contributed by atoms with E-state index in [-0.39, 0.29) is 4.90 Å². The SMILES string of the molecule is Cc1ccc(S(=O)(=O)Nc2ccc3c(c2)nc(CCn2nc(C)cc2C)n3C)cc1. The Bertz CT molecular complexity index is 1320. The smallest absolute Gasteiger partial charge is 0.261 e. The van der Waals surface area contributed by atoms with Crippen molar-refractivity contribution < 1.29 is 8.42 Å². The lowest BCUT2D eigenvalue weighted by molar-refractivity contribution is 0.574. The first-order valence-corrected chi connectivity index (χ1v) is 11.3. The lowest BCUT2D eigenvalue weighted by Crippen LogP contribution is -2.12. The molecule has 4 aromatic rings. The van der Waals surface area contributed by atoms with Crippen molar-refractivity contribution in [2.75, 3.05) is 4.72 Å². The molecular weight excluding hydrogens is 398 g/mol. The lowest BCUT2D eigenvalue weighted by atomic mass is 10.2. The van der Waals surface area contributed by atoms with Crippen molar-refractivity contribution in [3.05, 3.63) is 71.3 Å². The van der Waals surface area contributed by atoms with Gasteiger partial charge in [-0.3, -0.25) is 9.40 Å². The summed E-state index contributed by atoms with van der Waals surface area (Å²) >= 11 is 0. The molecule has 0 radical (unpaired) electrons. The number of nitrogens with zero attached hydrogens (tertiary/aromatic N) is 4. The van der Waals surface area contributed by atoms with E-state index in [0.717, 1.165) is 46.8 Å². The first-order valence-electron chi connectivity index (χ1n) is 9.79. The highest BCUT2D eigenvalue weighted by Crippen LogP contribution is 2.23. The van der Waals surface area contributed by atoms with Crippen LogP contribution in [-0.2, 0) is 30.0 Å². The number of aromatic nitrogens is 4. The minimum atomic E-state index is -3.65. The van der Waals surface area contributed by atoms with Gasteiger partial charge in [-0.25, -0.2) is 13.4 Å². The van der Waals surface area contributed by atoms with Gasteiger partial charge in [0.25, 0.3) is 10.0 Å². The van der Waals surface area contributed by atoms with Crippen molar-refractivity contribution in [2.45, 2.75) is 38.6 Å². The maximum atomic E-state index is 12.7. The van der Waals surface area contributed by atoms with E-state index < -0.39 is 10.0 Å². The number of aryl methyl sites for hydroxylation is 6. The largest absolute Gasteiger partial charge is 0.331 e. The van der Waals surface area contributed by atoms with Gasteiger partial charge in [-0.15, -0.1) is 0 Å². The quantitative estimate of drug-likeness (QED) is 0.512. The molecule has 2 aromatic carbocycles. The lowest BCUT2D eigenvalue weighted by Gasteiger charge is -2.08. The molecule has 2 heterocycles. The Kier molecular flexibility index (Phi) is 5.11. The third-order valence-electron chi connectivity index (χ3n) is 5.21. The van der Waals surface area contributed by atoms with Crippen molar-refractivity contribution in [3.8, 4) is 0 Å². The Morgan fingerprint density at radius 3 is 2.40 bits per heavy atom. The first kappa shape index (κ1) is 20.2. The summed E-state index contributed by atoms with van der Waals surface area (Å²) in [7, 11) is -1.67. The molecule has 0 saturated carbocycles. The van der Waals surface area contributed by atoms with Crippen LogP contribution >= 0.6 is 0 Å². The number of hydrogen-bond donors (Lipinski definition) is 1. The molecule has 0 unspecified atom stereocenters. The minimum Gasteiger partial charge on any atom is -0.331 e. The predicted molar refractivity (Wildman–Crippen MR) is 118 cm³/mol. The molecule has 0 atom stereocenters. The Hall–Kier alpha value is -3.13. The van der Waals surface area contributed by atoms with E-state index in [0.29, 0.717) is 5.69 Å². The molecule has 30 heavy (non-hydrogen) atoms. The number of imidazole rings is 1. The van der Waals surface area contributed by atoms with E-state index in [1.54, 1.807) is 36.4 Å². The molecular formula is C22H25N5O2S. The maximum absolute atomic E-state index is 12.7. The van der Waals surface area contributed by atoms with Crippen LogP contribution in [0.5, 0.6) is 0 Å². The Labute approximate surface area is 176 Å². The van der Waals surface area contributed by atoms with Crippen LogP contribution in [0.3, 0.4) is 0 Å². The number of nitrogens with one attached hydrogen (secondary N) is 1. The summed E-state index contributed by atoms with van der Waals surface area (Å²) in [6.45, 7) is 6.69. The highest BCUT2D eigenvalue weighted by molar-refractivity contribution is 7.92. The predicted octanol–water partition coefficient (Wildman–Crippen LogP) is 3.74. The van der Waals surface area contributed by atoms with Gasteiger partial charge in [0.05, 0.1) is 27.3 Å². The van der Waals surface area contributed by atoms with Gasteiger partial charge in [-0.05, 0) is 57.2 Å². The van der Waals surface area contributed by atoms with Crippen molar-refractivity contribution in [1.29, 1.82) is 0 Å². The molecule has 8 heteroatoms. The second kappa shape index (κ2) is 7.60. The normalized spacial score (nSPS) is 11.9. The Morgan fingerprint density at radius 2 is 1.73 bits per heavy atom. The zero-order chi connectivity index (χ0) is 21.5. The van der Waals surface area contributed by atoms with Gasteiger partial charge in [-0.2, -0.15) is 5.10 Å². The summed E-state index contributed by atoms with van der Waals surface area (Å²) in [4.78, 5) is 4.96. The first-order chi connectivity index (χ1) is 14.2. The number of fused-ring (bicyclic) bond motifs is 1. The van der Waals surface area contributed by atoms with Crippen LogP contribution in [0.2, 0.25) is 0 Å².